The number of hydrogen-bond donors (Lipinski definition) is 0. The second kappa shape index (κ2) is 28.8. The third-order valence-corrected chi connectivity index (χ3v) is 20.2. The number of fused-ring (bicyclic) bond motifs is 6. The van der Waals surface area contributed by atoms with E-state index in [1.54, 1.807) is 11.1 Å². The summed E-state index contributed by atoms with van der Waals surface area (Å²) >= 11 is 0. The largest absolute Gasteiger partial charge is 0.310 e. The molecule has 2 atom stereocenters. The molecule has 0 heterocycles. The molecule has 0 radical (unpaired) electrons. The molecule has 2 unspecified atom stereocenters. The average molecular weight is 1240 g/mol. The van der Waals surface area contributed by atoms with Gasteiger partial charge in [-0.2, -0.15) is 0 Å². The summed E-state index contributed by atoms with van der Waals surface area (Å²) in [5.41, 5.74) is 35.8. The van der Waals surface area contributed by atoms with Gasteiger partial charge >= 0.3 is 0 Å². The molecule has 0 aromatic heterocycles. The Balaban J connectivity index is 0.000000149. The van der Waals surface area contributed by atoms with E-state index in [0.717, 1.165) is 11.8 Å². The van der Waals surface area contributed by atoms with Crippen molar-refractivity contribution >= 4 is 34.1 Å². The van der Waals surface area contributed by atoms with Crippen molar-refractivity contribution in [2.75, 3.05) is 9.80 Å². The molecule has 94 heavy (non-hydrogen) atoms. The van der Waals surface area contributed by atoms with Crippen LogP contribution in [0.3, 0.4) is 0 Å². The van der Waals surface area contributed by atoms with E-state index in [-0.39, 0.29) is 21.7 Å². The molecule has 2 nitrogen and oxygen atoms in total. The quantitative estimate of drug-likeness (QED) is 0.120. The Bertz CT molecular complexity index is 3900. The summed E-state index contributed by atoms with van der Waals surface area (Å²) in [5, 5.41) is 0. The van der Waals surface area contributed by atoms with Gasteiger partial charge in [0.25, 0.3) is 0 Å². The number of rotatable bonds is 12. The van der Waals surface area contributed by atoms with Crippen LogP contribution < -0.4 is 9.80 Å². The predicted octanol–water partition coefficient (Wildman–Crippen LogP) is 26.8. The van der Waals surface area contributed by atoms with E-state index < -0.39 is 0 Å². The minimum absolute atomic E-state index is 0.142. The summed E-state index contributed by atoms with van der Waals surface area (Å²) in [7, 11) is 0. The van der Waals surface area contributed by atoms with E-state index >= 15 is 0 Å². The first-order valence-electron chi connectivity index (χ1n) is 35.0. The molecule has 0 fully saturated rings. The highest BCUT2D eigenvalue weighted by atomic mass is 15.2. The van der Waals surface area contributed by atoms with Crippen LogP contribution in [0, 0.1) is 81.1 Å². The lowest BCUT2D eigenvalue weighted by atomic mass is 9.66. The molecular weight excluding hydrogens is 1130 g/mol. The zero-order valence-corrected chi connectivity index (χ0v) is 61.5. The fraction of sp³-hybridized carbons (Fsp3) is 0.348. The van der Waals surface area contributed by atoms with E-state index in [9.17, 15) is 0 Å². The van der Waals surface area contributed by atoms with Crippen LogP contribution in [-0.2, 0) is 21.7 Å². The predicted molar refractivity (Wildman–Crippen MR) is 412 cm³/mol. The molecule has 0 spiro atoms. The van der Waals surface area contributed by atoms with Gasteiger partial charge in [0.2, 0.25) is 0 Å². The lowest BCUT2D eigenvalue weighted by Gasteiger charge is -2.37. The summed E-state index contributed by atoms with van der Waals surface area (Å²) < 4.78 is 0. The van der Waals surface area contributed by atoms with Crippen LogP contribution in [0.5, 0.6) is 0 Å². The van der Waals surface area contributed by atoms with Crippen molar-refractivity contribution in [2.45, 2.75) is 200 Å². The van der Waals surface area contributed by atoms with E-state index in [1.165, 1.54) is 160 Å². The number of hydrogen-bond acceptors (Lipinski definition) is 2. The Morgan fingerprint density at radius 2 is 0.574 bits per heavy atom. The highest BCUT2D eigenvalue weighted by Gasteiger charge is 2.44. The van der Waals surface area contributed by atoms with E-state index in [1.807, 2.05) is 0 Å². The Kier molecular flexibility index (Phi) is 21.5. The van der Waals surface area contributed by atoms with Gasteiger partial charge in [-0.15, -0.1) is 0 Å². The Hall–Kier alpha value is -8.20. The van der Waals surface area contributed by atoms with E-state index in [2.05, 4.69) is 368 Å². The zero-order chi connectivity index (χ0) is 68.2. The third kappa shape index (κ3) is 15.3. The summed E-state index contributed by atoms with van der Waals surface area (Å²) in [6.07, 6.45) is 5.04. The fourth-order valence-corrected chi connectivity index (χ4v) is 14.5. The minimum Gasteiger partial charge on any atom is -0.310 e. The first kappa shape index (κ1) is 70.1. The van der Waals surface area contributed by atoms with Crippen molar-refractivity contribution in [2.24, 2.45) is 11.8 Å². The summed E-state index contributed by atoms with van der Waals surface area (Å²) in [5.74, 6) is 1.48. The first-order valence-corrected chi connectivity index (χ1v) is 35.0. The van der Waals surface area contributed by atoms with Crippen LogP contribution in [0.4, 0.5) is 34.1 Å². The van der Waals surface area contributed by atoms with E-state index in [4.69, 9.17) is 0 Å². The molecule has 0 bridgehead atoms. The van der Waals surface area contributed by atoms with Crippen LogP contribution >= 0.6 is 0 Å². The molecule has 2 heteroatoms. The van der Waals surface area contributed by atoms with Crippen molar-refractivity contribution < 1.29 is 0 Å². The van der Waals surface area contributed by atoms with Crippen LogP contribution in [0.2, 0.25) is 0 Å². The van der Waals surface area contributed by atoms with Gasteiger partial charge in [0, 0.05) is 33.6 Å². The lowest BCUT2D eigenvalue weighted by molar-refractivity contribution is 0.308. The number of aryl methyl sites for hydroxylation is 10. The maximum absolute atomic E-state index is 2.48. The standard InChI is InChI=1S/2C25H29N.C25H34.C17H18/c2*1-18-12-14-23(15-13-18)26(22-10-8-7-9-11-22)24-19(2)16-21(17-20(24)3)25(4,5)6;1-7-17(3)15-25(16-18(4)8-2)23-13-19(5)9-11-21(23)22-12-10-20(6)14-24(22)25;1-11-5-7-13-14-8-6-12(2)10-16(14)17(3,4)15(13)9-11/h2*7-17H,1-6H3;9-14,17-18H,7-8,15-16H2,1-6H3;5-10H,1-4H3. The third-order valence-electron chi connectivity index (χ3n) is 20.2. The lowest BCUT2D eigenvalue weighted by Crippen LogP contribution is -2.30. The fourth-order valence-electron chi connectivity index (χ4n) is 14.5. The Labute approximate surface area is 569 Å². The van der Waals surface area contributed by atoms with Gasteiger partial charge in [0.15, 0.2) is 0 Å². The molecule has 0 aliphatic heterocycles. The molecule has 10 aromatic carbocycles. The molecule has 2 aliphatic carbocycles. The van der Waals surface area contributed by atoms with Gasteiger partial charge in [0.1, 0.15) is 0 Å². The van der Waals surface area contributed by atoms with Gasteiger partial charge in [-0.05, 0) is 231 Å². The molecule has 12 rings (SSSR count). The van der Waals surface area contributed by atoms with Crippen molar-refractivity contribution in [3.05, 3.63) is 295 Å². The second-order valence-electron chi connectivity index (χ2n) is 30.8. The van der Waals surface area contributed by atoms with Gasteiger partial charge < -0.3 is 9.80 Å². The molecule has 0 saturated heterocycles. The number of benzene rings is 10. The maximum Gasteiger partial charge on any atom is 0.0520 e. The number of anilines is 6. The monoisotopic (exact) mass is 1240 g/mol. The van der Waals surface area contributed by atoms with Crippen LogP contribution in [0.1, 0.15) is 198 Å². The summed E-state index contributed by atoms with van der Waals surface area (Å²) in [6, 6.07) is 76.1. The van der Waals surface area contributed by atoms with Crippen molar-refractivity contribution in [1.29, 1.82) is 0 Å². The minimum atomic E-state index is 0.142. The average Bonchev–Trinajstić information content (AvgIpc) is 1.56. The van der Waals surface area contributed by atoms with E-state index in [0.29, 0.717) is 0 Å². The second-order valence-corrected chi connectivity index (χ2v) is 30.8. The van der Waals surface area contributed by atoms with Gasteiger partial charge in [-0.25, -0.2) is 0 Å². The maximum atomic E-state index is 2.48. The van der Waals surface area contributed by atoms with Crippen LogP contribution in [0.15, 0.2) is 206 Å². The molecular formula is C92H110N2. The molecule has 2 aliphatic rings. The van der Waals surface area contributed by atoms with Crippen molar-refractivity contribution in [3.63, 3.8) is 0 Å². The Morgan fingerprint density at radius 1 is 0.319 bits per heavy atom. The van der Waals surface area contributed by atoms with Gasteiger partial charge in [-0.1, -0.05) is 287 Å². The smallest absolute Gasteiger partial charge is 0.0520 e. The number of para-hydroxylation sites is 2. The Morgan fingerprint density at radius 3 is 0.851 bits per heavy atom. The highest BCUT2D eigenvalue weighted by Crippen LogP contribution is 2.56. The SMILES string of the molecule is CCC(C)CC1(CC(C)CC)c2cc(C)ccc2-c2ccc(C)cc21.Cc1ccc(N(c2ccccc2)c2c(C)cc(C(C)(C)C)cc2C)cc1.Cc1ccc(N(c2ccccc2)c2c(C)cc(C(C)(C)C)cc2C)cc1.Cc1ccc2c(c1)C(C)(C)c1cc(C)ccc1-2. The molecule has 10 aromatic rings. The van der Waals surface area contributed by atoms with Crippen LogP contribution in [-0.4, -0.2) is 0 Å². The highest BCUT2D eigenvalue weighted by molar-refractivity contribution is 5.85. The number of nitrogens with zero attached hydrogens (tertiary/aromatic N) is 2. The molecule has 0 amide bonds. The first-order chi connectivity index (χ1) is 44.4. The van der Waals surface area contributed by atoms with Crippen molar-refractivity contribution in [1.82, 2.24) is 0 Å². The molecule has 488 valence electrons. The van der Waals surface area contributed by atoms with Gasteiger partial charge in [0.05, 0.1) is 11.4 Å². The molecule has 0 N–H and O–H groups in total. The van der Waals surface area contributed by atoms with Gasteiger partial charge in [-0.3, -0.25) is 0 Å². The van der Waals surface area contributed by atoms with Crippen LogP contribution in [0.25, 0.3) is 22.3 Å². The topological polar surface area (TPSA) is 6.48 Å². The summed E-state index contributed by atoms with van der Waals surface area (Å²) in [6.45, 7) is 49.8. The normalized spacial score (nSPS) is 13.7. The van der Waals surface area contributed by atoms with Crippen molar-refractivity contribution in [3.8, 4) is 22.3 Å². The zero-order valence-electron chi connectivity index (χ0n) is 61.5. The summed E-state index contributed by atoms with van der Waals surface area (Å²) in [4.78, 5) is 4.74. The molecule has 0 saturated carbocycles.